The third-order valence-corrected chi connectivity index (χ3v) is 5.17. The van der Waals surface area contributed by atoms with Gasteiger partial charge in [-0.2, -0.15) is 0 Å². The highest BCUT2D eigenvalue weighted by atomic mass is 16.5. The van der Waals surface area contributed by atoms with Gasteiger partial charge in [0.15, 0.2) is 0 Å². The van der Waals surface area contributed by atoms with Crippen LogP contribution in [0.4, 0.5) is 0 Å². The zero-order valence-corrected chi connectivity index (χ0v) is 13.5. The van der Waals surface area contributed by atoms with Crippen LogP contribution in [0.1, 0.15) is 63.9 Å². The smallest absolute Gasteiger partial charge is 0.0641 e. The van der Waals surface area contributed by atoms with Crippen LogP contribution >= 0.6 is 0 Å². The maximum atomic E-state index is 5.82. The van der Waals surface area contributed by atoms with Gasteiger partial charge in [-0.1, -0.05) is 30.3 Å². The number of hydrogen-bond acceptors (Lipinski definition) is 2. The lowest BCUT2D eigenvalue weighted by Gasteiger charge is -2.39. The monoisotopic (exact) mass is 287 g/mol. The van der Waals surface area contributed by atoms with E-state index in [4.69, 9.17) is 4.74 Å². The average Bonchev–Trinajstić information content (AvgIpc) is 2.48. The highest BCUT2D eigenvalue weighted by Crippen LogP contribution is 2.33. The van der Waals surface area contributed by atoms with E-state index in [0.717, 1.165) is 18.9 Å². The van der Waals surface area contributed by atoms with Crippen LogP contribution in [0, 0.1) is 0 Å². The summed E-state index contributed by atoms with van der Waals surface area (Å²) in [6.07, 6.45) is 7.60. The molecule has 1 aliphatic heterocycles. The van der Waals surface area contributed by atoms with E-state index in [1.54, 1.807) is 0 Å². The maximum Gasteiger partial charge on any atom is 0.0641 e. The standard InChI is InChI=1S/C19H29NO/c1-19(2)14-18(12-13-21-19)20-17-10-8-16(9-11-17)15-6-4-3-5-7-15/h3-7,16-18,20H,8-14H2,1-2H3. The molecule has 1 aromatic rings. The van der Waals surface area contributed by atoms with Crippen molar-refractivity contribution in [1.29, 1.82) is 0 Å². The maximum absolute atomic E-state index is 5.82. The predicted molar refractivity (Wildman–Crippen MR) is 87.6 cm³/mol. The van der Waals surface area contributed by atoms with E-state index in [1.165, 1.54) is 37.7 Å². The summed E-state index contributed by atoms with van der Waals surface area (Å²) in [6, 6.07) is 12.4. The van der Waals surface area contributed by atoms with Crippen molar-refractivity contribution in [3.8, 4) is 0 Å². The fourth-order valence-electron chi connectivity index (χ4n) is 4.03. The Hall–Kier alpha value is -0.860. The predicted octanol–water partition coefficient (Wildman–Crippen LogP) is 4.26. The second-order valence-electron chi connectivity index (χ2n) is 7.42. The van der Waals surface area contributed by atoms with Crippen LogP contribution in [0.3, 0.4) is 0 Å². The van der Waals surface area contributed by atoms with E-state index in [0.29, 0.717) is 12.1 Å². The van der Waals surface area contributed by atoms with Crippen LogP contribution < -0.4 is 5.32 Å². The molecule has 1 heterocycles. The Kier molecular flexibility index (Phi) is 4.66. The molecular weight excluding hydrogens is 258 g/mol. The first-order valence-corrected chi connectivity index (χ1v) is 8.57. The summed E-state index contributed by atoms with van der Waals surface area (Å²) in [5, 5.41) is 3.91. The zero-order chi connectivity index (χ0) is 14.7. The lowest BCUT2D eigenvalue weighted by Crippen LogP contribution is -2.48. The van der Waals surface area contributed by atoms with Crippen molar-refractivity contribution >= 4 is 0 Å². The molecule has 1 saturated carbocycles. The molecule has 116 valence electrons. The largest absolute Gasteiger partial charge is 0.375 e. The van der Waals surface area contributed by atoms with E-state index in [9.17, 15) is 0 Å². The summed E-state index contributed by atoms with van der Waals surface area (Å²) in [5.74, 6) is 0.774. The highest BCUT2D eigenvalue weighted by Gasteiger charge is 2.31. The van der Waals surface area contributed by atoms with Gasteiger partial charge in [-0.25, -0.2) is 0 Å². The van der Waals surface area contributed by atoms with Crippen molar-refractivity contribution in [3.05, 3.63) is 35.9 Å². The molecule has 1 N–H and O–H groups in total. The summed E-state index contributed by atoms with van der Waals surface area (Å²) >= 11 is 0. The molecule has 1 atom stereocenters. The fourth-order valence-corrected chi connectivity index (χ4v) is 4.03. The van der Waals surface area contributed by atoms with Crippen LogP contribution in [-0.2, 0) is 4.74 Å². The molecule has 0 aromatic heterocycles. The van der Waals surface area contributed by atoms with Crippen molar-refractivity contribution in [1.82, 2.24) is 5.32 Å². The minimum absolute atomic E-state index is 0.0527. The van der Waals surface area contributed by atoms with Gasteiger partial charge in [-0.15, -0.1) is 0 Å². The van der Waals surface area contributed by atoms with Crippen LogP contribution in [-0.4, -0.2) is 24.3 Å². The molecule has 1 aliphatic carbocycles. The topological polar surface area (TPSA) is 21.3 Å². The SMILES string of the molecule is CC1(C)CC(NC2CCC(c3ccccc3)CC2)CCO1. The lowest BCUT2D eigenvalue weighted by molar-refractivity contribution is -0.0646. The quantitative estimate of drug-likeness (QED) is 0.897. The summed E-state index contributed by atoms with van der Waals surface area (Å²) in [4.78, 5) is 0. The van der Waals surface area contributed by atoms with Crippen LogP contribution in [0.15, 0.2) is 30.3 Å². The first-order chi connectivity index (χ1) is 10.1. The number of benzene rings is 1. The number of ether oxygens (including phenoxy) is 1. The molecule has 21 heavy (non-hydrogen) atoms. The van der Waals surface area contributed by atoms with Gasteiger partial charge in [-0.3, -0.25) is 0 Å². The molecule has 0 amide bonds. The zero-order valence-electron chi connectivity index (χ0n) is 13.5. The van der Waals surface area contributed by atoms with E-state index in [1.807, 2.05) is 0 Å². The van der Waals surface area contributed by atoms with E-state index in [-0.39, 0.29) is 5.60 Å². The fraction of sp³-hybridized carbons (Fsp3) is 0.684. The Bertz CT molecular complexity index is 434. The van der Waals surface area contributed by atoms with Crippen molar-refractivity contribution in [2.24, 2.45) is 0 Å². The highest BCUT2D eigenvalue weighted by molar-refractivity contribution is 5.20. The molecule has 3 rings (SSSR count). The molecule has 0 bridgehead atoms. The Morgan fingerprint density at radius 3 is 2.33 bits per heavy atom. The molecule has 1 saturated heterocycles. The summed E-state index contributed by atoms with van der Waals surface area (Å²) in [7, 11) is 0. The van der Waals surface area contributed by atoms with Crippen LogP contribution in [0.2, 0.25) is 0 Å². The minimum Gasteiger partial charge on any atom is -0.375 e. The van der Waals surface area contributed by atoms with Crippen molar-refractivity contribution < 1.29 is 4.74 Å². The van der Waals surface area contributed by atoms with Crippen molar-refractivity contribution in [3.63, 3.8) is 0 Å². The number of hydrogen-bond donors (Lipinski definition) is 1. The van der Waals surface area contributed by atoms with E-state index in [2.05, 4.69) is 49.5 Å². The Morgan fingerprint density at radius 1 is 0.952 bits per heavy atom. The van der Waals surface area contributed by atoms with E-state index < -0.39 is 0 Å². The second kappa shape index (κ2) is 6.50. The van der Waals surface area contributed by atoms with Crippen LogP contribution in [0.5, 0.6) is 0 Å². The van der Waals surface area contributed by atoms with Gasteiger partial charge < -0.3 is 10.1 Å². The molecular formula is C19H29NO. The van der Waals surface area contributed by atoms with Gasteiger partial charge in [0.25, 0.3) is 0 Å². The Morgan fingerprint density at radius 2 is 1.67 bits per heavy atom. The molecule has 0 spiro atoms. The summed E-state index contributed by atoms with van der Waals surface area (Å²) in [6.45, 7) is 5.34. The van der Waals surface area contributed by atoms with Gasteiger partial charge in [0.05, 0.1) is 5.60 Å². The normalized spacial score (nSPS) is 32.8. The molecule has 1 aromatic carbocycles. The Balaban J connectivity index is 1.48. The average molecular weight is 287 g/mol. The number of nitrogens with one attached hydrogen (secondary N) is 1. The third kappa shape index (κ3) is 4.08. The first kappa shape index (κ1) is 15.1. The van der Waals surface area contributed by atoms with Gasteiger partial charge in [0, 0.05) is 18.7 Å². The van der Waals surface area contributed by atoms with Crippen molar-refractivity contribution in [2.45, 2.75) is 76.0 Å². The minimum atomic E-state index is 0.0527. The van der Waals surface area contributed by atoms with Gasteiger partial charge in [0.2, 0.25) is 0 Å². The second-order valence-corrected chi connectivity index (χ2v) is 7.42. The van der Waals surface area contributed by atoms with Crippen molar-refractivity contribution in [2.75, 3.05) is 6.61 Å². The van der Waals surface area contributed by atoms with Gasteiger partial charge >= 0.3 is 0 Å². The van der Waals surface area contributed by atoms with Crippen LogP contribution in [0.25, 0.3) is 0 Å². The van der Waals surface area contributed by atoms with Gasteiger partial charge in [0.1, 0.15) is 0 Å². The number of rotatable bonds is 3. The van der Waals surface area contributed by atoms with E-state index >= 15 is 0 Å². The molecule has 2 heteroatoms. The molecule has 2 aliphatic rings. The molecule has 0 radical (unpaired) electrons. The Labute approximate surface area is 129 Å². The first-order valence-electron chi connectivity index (χ1n) is 8.57. The van der Waals surface area contributed by atoms with Gasteiger partial charge in [-0.05, 0) is 63.9 Å². The lowest BCUT2D eigenvalue weighted by atomic mass is 9.81. The summed E-state index contributed by atoms with van der Waals surface area (Å²) in [5.41, 5.74) is 1.58. The third-order valence-electron chi connectivity index (χ3n) is 5.17. The molecule has 1 unspecified atom stereocenters. The molecule has 2 nitrogen and oxygen atoms in total. The summed E-state index contributed by atoms with van der Waals surface area (Å²) < 4.78 is 5.82. The molecule has 2 fully saturated rings.